The van der Waals surface area contributed by atoms with Crippen LogP contribution in [0.25, 0.3) is 38.9 Å². The van der Waals surface area contributed by atoms with Crippen LogP contribution in [0.5, 0.6) is 5.75 Å². The number of fused-ring (bicyclic) bond motifs is 2. The second-order valence-electron chi connectivity index (χ2n) is 5.34. The lowest BCUT2D eigenvalue weighted by Gasteiger charge is -2.12. The van der Waals surface area contributed by atoms with Crippen molar-refractivity contribution in [3.05, 3.63) is 46.8 Å². The zero-order valence-electron chi connectivity index (χ0n) is 13.1. The molecule has 0 aliphatic carbocycles. The molecule has 120 valence electrons. The third-order valence-electron chi connectivity index (χ3n) is 4.01. The number of hydrogen-bond donors (Lipinski definition) is 1. The summed E-state index contributed by atoms with van der Waals surface area (Å²) >= 11 is 6.14. The molecule has 0 spiro atoms. The molecule has 1 N–H and O–H groups in total. The number of pyridine rings is 2. The van der Waals surface area contributed by atoms with Crippen LogP contribution < -0.4 is 15.4 Å². The van der Waals surface area contributed by atoms with Crippen molar-refractivity contribution < 1.29 is 9.57 Å². The van der Waals surface area contributed by atoms with Crippen molar-refractivity contribution in [1.29, 1.82) is 0 Å². The average molecular weight is 340 g/mol. The van der Waals surface area contributed by atoms with Crippen LogP contribution >= 0.6 is 11.6 Å². The van der Waals surface area contributed by atoms with Gasteiger partial charge in [-0.05, 0) is 30.3 Å². The highest BCUT2D eigenvalue weighted by atomic mass is 35.5. The molecule has 0 bridgehead atoms. The topological polar surface area (TPSA) is 56.3 Å². The first-order valence-corrected chi connectivity index (χ1v) is 7.74. The third kappa shape index (κ3) is 2.21. The summed E-state index contributed by atoms with van der Waals surface area (Å²) in [5.41, 5.74) is 5.23. The SMILES string of the molecule is CON/C=c1/cc(OC)c2ccnc3c4ccc(Cl)cc4nc1c23. The van der Waals surface area contributed by atoms with Gasteiger partial charge in [-0.3, -0.25) is 15.3 Å². The van der Waals surface area contributed by atoms with Crippen molar-refractivity contribution in [2.24, 2.45) is 0 Å². The Balaban J connectivity index is 2.28. The van der Waals surface area contributed by atoms with Crippen LogP contribution in [0.3, 0.4) is 0 Å². The van der Waals surface area contributed by atoms with Crippen molar-refractivity contribution in [3.63, 3.8) is 0 Å². The van der Waals surface area contributed by atoms with Crippen LogP contribution in [-0.4, -0.2) is 24.2 Å². The molecule has 0 amide bonds. The molecular weight excluding hydrogens is 326 g/mol. The van der Waals surface area contributed by atoms with Gasteiger partial charge in [-0.25, -0.2) is 4.98 Å². The first-order valence-electron chi connectivity index (χ1n) is 7.36. The maximum Gasteiger partial charge on any atom is 0.127 e. The largest absolute Gasteiger partial charge is 0.496 e. The van der Waals surface area contributed by atoms with Crippen LogP contribution in [0, 0.1) is 0 Å². The molecule has 0 aliphatic rings. The molecule has 0 saturated carbocycles. The Kier molecular flexibility index (Phi) is 3.59. The van der Waals surface area contributed by atoms with Gasteiger partial charge in [-0.15, -0.1) is 0 Å². The van der Waals surface area contributed by atoms with E-state index >= 15 is 0 Å². The number of rotatable bonds is 3. The first-order chi connectivity index (χ1) is 11.7. The molecule has 0 saturated heterocycles. The van der Waals surface area contributed by atoms with Crippen LogP contribution in [-0.2, 0) is 4.84 Å². The van der Waals surface area contributed by atoms with Crippen molar-refractivity contribution in [3.8, 4) is 5.75 Å². The van der Waals surface area contributed by atoms with E-state index in [1.807, 2.05) is 30.3 Å². The van der Waals surface area contributed by atoms with Gasteiger partial charge in [0.2, 0.25) is 0 Å². The normalized spacial score (nSPS) is 12.4. The van der Waals surface area contributed by atoms with Gasteiger partial charge in [0.25, 0.3) is 0 Å². The summed E-state index contributed by atoms with van der Waals surface area (Å²) in [6.45, 7) is 0. The number of hydroxylamine groups is 1. The van der Waals surface area contributed by atoms with E-state index in [-0.39, 0.29) is 0 Å². The minimum Gasteiger partial charge on any atom is -0.496 e. The molecule has 0 aliphatic heterocycles. The summed E-state index contributed by atoms with van der Waals surface area (Å²) in [5.74, 6) is 0.758. The summed E-state index contributed by atoms with van der Waals surface area (Å²) in [4.78, 5) is 14.3. The highest BCUT2D eigenvalue weighted by Crippen LogP contribution is 2.33. The zero-order chi connectivity index (χ0) is 16.7. The Morgan fingerprint density at radius 3 is 2.75 bits per heavy atom. The van der Waals surface area contributed by atoms with Crippen LogP contribution in [0.4, 0.5) is 0 Å². The lowest BCUT2D eigenvalue weighted by molar-refractivity contribution is 0.141. The molecule has 0 fully saturated rings. The van der Waals surface area contributed by atoms with Gasteiger partial charge in [0.1, 0.15) is 5.75 Å². The van der Waals surface area contributed by atoms with E-state index in [1.54, 1.807) is 26.6 Å². The number of nitrogens with zero attached hydrogens (tertiary/aromatic N) is 2. The fourth-order valence-corrected chi connectivity index (χ4v) is 3.15. The van der Waals surface area contributed by atoms with Gasteiger partial charge >= 0.3 is 0 Å². The number of aromatic nitrogens is 2. The number of ether oxygens (including phenoxy) is 1. The molecule has 24 heavy (non-hydrogen) atoms. The molecule has 0 unspecified atom stereocenters. The predicted octanol–water partition coefficient (Wildman–Crippen LogP) is 3.21. The average Bonchev–Trinajstić information content (AvgIpc) is 2.61. The lowest BCUT2D eigenvalue weighted by Crippen LogP contribution is -2.13. The van der Waals surface area contributed by atoms with Crippen molar-refractivity contribution >= 4 is 50.5 Å². The summed E-state index contributed by atoms with van der Waals surface area (Å²) in [6, 6.07) is 9.50. The summed E-state index contributed by atoms with van der Waals surface area (Å²) in [5, 5.41) is 4.37. The molecule has 4 aromatic rings. The zero-order valence-corrected chi connectivity index (χ0v) is 13.9. The van der Waals surface area contributed by atoms with Crippen molar-refractivity contribution in [2.75, 3.05) is 14.2 Å². The molecule has 0 atom stereocenters. The molecule has 0 radical (unpaired) electrons. The maximum atomic E-state index is 6.14. The molecule has 2 heterocycles. The molecule has 6 heteroatoms. The van der Waals surface area contributed by atoms with E-state index in [9.17, 15) is 0 Å². The Labute approximate surface area is 142 Å². The van der Waals surface area contributed by atoms with E-state index in [0.29, 0.717) is 5.02 Å². The third-order valence-corrected chi connectivity index (χ3v) is 4.25. The molecule has 4 rings (SSSR count). The Bertz CT molecular complexity index is 1130. The van der Waals surface area contributed by atoms with Crippen LogP contribution in [0.1, 0.15) is 0 Å². The van der Waals surface area contributed by atoms with E-state index in [4.69, 9.17) is 26.2 Å². The quantitative estimate of drug-likeness (QED) is 0.353. The molecule has 2 aromatic heterocycles. The number of hydrogen-bond acceptors (Lipinski definition) is 5. The number of methoxy groups -OCH3 is 1. The van der Waals surface area contributed by atoms with Crippen LogP contribution in [0.15, 0.2) is 36.5 Å². The van der Waals surface area contributed by atoms with E-state index in [2.05, 4.69) is 10.5 Å². The Morgan fingerprint density at radius 1 is 1.08 bits per heavy atom. The van der Waals surface area contributed by atoms with Gasteiger partial charge < -0.3 is 4.74 Å². The molecule has 5 nitrogen and oxygen atoms in total. The van der Waals surface area contributed by atoms with Gasteiger partial charge in [-0.1, -0.05) is 11.6 Å². The monoisotopic (exact) mass is 339 g/mol. The van der Waals surface area contributed by atoms with Gasteiger partial charge in [0.15, 0.2) is 0 Å². The first kappa shape index (κ1) is 14.9. The van der Waals surface area contributed by atoms with E-state index < -0.39 is 0 Å². The van der Waals surface area contributed by atoms with Crippen LogP contribution in [0.2, 0.25) is 5.02 Å². The predicted molar refractivity (Wildman–Crippen MR) is 95.9 cm³/mol. The summed E-state index contributed by atoms with van der Waals surface area (Å²) in [6.07, 6.45) is 3.53. The summed E-state index contributed by atoms with van der Waals surface area (Å²) in [7, 11) is 3.21. The lowest BCUT2D eigenvalue weighted by atomic mass is 10.0. The number of benzene rings is 2. The fraction of sp³-hybridized carbons (Fsp3) is 0.111. The Morgan fingerprint density at radius 2 is 1.96 bits per heavy atom. The molecule has 2 aromatic carbocycles. The van der Waals surface area contributed by atoms with Crippen molar-refractivity contribution in [2.45, 2.75) is 0 Å². The fourth-order valence-electron chi connectivity index (χ4n) is 2.98. The standard InChI is InChI=1S/C18H14ClN3O2/c1-23-15-7-10(9-21-24-2)17-16-13(15)5-6-20-18(16)12-4-3-11(19)8-14(12)22-17/h3-9,21H,1-2H3/b10-9-. The van der Waals surface area contributed by atoms with Crippen molar-refractivity contribution in [1.82, 2.24) is 15.4 Å². The second-order valence-corrected chi connectivity index (χ2v) is 5.77. The minimum atomic E-state index is 0.641. The number of halogens is 1. The van der Waals surface area contributed by atoms with E-state index in [1.165, 1.54) is 0 Å². The smallest absolute Gasteiger partial charge is 0.127 e. The van der Waals surface area contributed by atoms with Gasteiger partial charge in [0, 0.05) is 38.8 Å². The molecular formula is C18H14ClN3O2. The Hall–Kier alpha value is -2.63. The van der Waals surface area contributed by atoms with Gasteiger partial charge in [0.05, 0.1) is 30.8 Å². The highest BCUT2D eigenvalue weighted by molar-refractivity contribution is 6.31. The minimum absolute atomic E-state index is 0.641. The highest BCUT2D eigenvalue weighted by Gasteiger charge is 2.14. The number of nitrogens with one attached hydrogen (secondary N) is 1. The van der Waals surface area contributed by atoms with Gasteiger partial charge in [-0.2, -0.15) is 0 Å². The van der Waals surface area contributed by atoms with E-state index in [0.717, 1.165) is 43.7 Å². The second kappa shape index (κ2) is 5.78. The summed E-state index contributed by atoms with van der Waals surface area (Å²) < 4.78 is 5.55. The maximum absolute atomic E-state index is 6.14.